The van der Waals surface area contributed by atoms with Crippen LogP contribution in [0.1, 0.15) is 22.5 Å². The Bertz CT molecular complexity index is 379. The fourth-order valence-corrected chi connectivity index (χ4v) is 2.38. The van der Waals surface area contributed by atoms with Crippen LogP contribution in [0.5, 0.6) is 0 Å². The van der Waals surface area contributed by atoms with Crippen LogP contribution in [0.15, 0.2) is 17.5 Å². The van der Waals surface area contributed by atoms with Crippen LogP contribution >= 0.6 is 11.3 Å². The summed E-state index contributed by atoms with van der Waals surface area (Å²) in [6.45, 7) is -1.26. The van der Waals surface area contributed by atoms with Gasteiger partial charge in [-0.15, -0.1) is 11.3 Å². The lowest BCUT2D eigenvalue weighted by atomic mass is 10.2. The average Bonchev–Trinajstić information content (AvgIpc) is 2.80. The second-order valence-electron chi connectivity index (χ2n) is 4.12. The highest BCUT2D eigenvalue weighted by molar-refractivity contribution is 7.12. The molecule has 3 nitrogen and oxygen atoms in total. The number of nitrogens with zero attached hydrogens (tertiary/aromatic N) is 1. The summed E-state index contributed by atoms with van der Waals surface area (Å²) in [5.41, 5.74) is 0. The van der Waals surface area contributed by atoms with Gasteiger partial charge in [-0.25, -0.2) is 0 Å². The molecule has 0 bridgehead atoms. The molecule has 1 heterocycles. The van der Waals surface area contributed by atoms with Crippen LogP contribution in [-0.2, 0) is 0 Å². The molecule has 1 rings (SSSR count). The van der Waals surface area contributed by atoms with Gasteiger partial charge >= 0.3 is 6.18 Å². The minimum Gasteiger partial charge on any atom is -0.395 e. The van der Waals surface area contributed by atoms with Gasteiger partial charge in [0.1, 0.15) is 0 Å². The van der Waals surface area contributed by atoms with Crippen molar-refractivity contribution < 1.29 is 23.1 Å². The van der Waals surface area contributed by atoms with Gasteiger partial charge in [-0.2, -0.15) is 13.2 Å². The Morgan fingerprint density at radius 1 is 1.37 bits per heavy atom. The Hall–Kier alpha value is -0.920. The number of aliphatic hydroxyl groups excluding tert-OH is 1. The number of carbonyl (C=O) groups excluding carboxylic acids is 1. The van der Waals surface area contributed by atoms with E-state index in [1.54, 1.807) is 17.5 Å². The summed E-state index contributed by atoms with van der Waals surface area (Å²) in [6.07, 6.45) is -3.71. The highest BCUT2D eigenvalue weighted by Crippen LogP contribution is 2.17. The van der Waals surface area contributed by atoms with E-state index in [4.69, 9.17) is 5.11 Å². The lowest BCUT2D eigenvalue weighted by Crippen LogP contribution is -2.37. The summed E-state index contributed by atoms with van der Waals surface area (Å²) >= 11 is 1.33. The van der Waals surface area contributed by atoms with E-state index in [0.717, 1.165) is 4.90 Å². The normalized spacial score (nSPS) is 12.1. The van der Waals surface area contributed by atoms with Crippen molar-refractivity contribution in [1.82, 2.24) is 4.90 Å². The lowest BCUT2D eigenvalue weighted by Gasteiger charge is -2.22. The molecule has 0 saturated carbocycles. The van der Waals surface area contributed by atoms with Crippen molar-refractivity contribution in [2.45, 2.75) is 19.0 Å². The number of alkyl halides is 3. The van der Waals surface area contributed by atoms with Crippen molar-refractivity contribution in [3.8, 4) is 0 Å². The minimum atomic E-state index is -4.28. The Morgan fingerprint density at radius 2 is 2.11 bits per heavy atom. The quantitative estimate of drug-likeness (QED) is 0.749. The topological polar surface area (TPSA) is 40.5 Å². The molecule has 0 aromatic carbocycles. The molecule has 108 valence electrons. The third kappa shape index (κ3) is 6.70. The zero-order valence-electron chi connectivity index (χ0n) is 10.3. The van der Waals surface area contributed by atoms with Gasteiger partial charge in [0.15, 0.2) is 5.78 Å². The molecular weight excluding hydrogens is 279 g/mol. The molecule has 0 aliphatic carbocycles. The first-order chi connectivity index (χ1) is 8.92. The fourth-order valence-electron chi connectivity index (χ4n) is 1.69. The molecule has 0 aliphatic heterocycles. The van der Waals surface area contributed by atoms with Gasteiger partial charge in [-0.1, -0.05) is 6.07 Å². The van der Waals surface area contributed by atoms with E-state index in [-0.39, 0.29) is 31.9 Å². The molecule has 1 aromatic rings. The van der Waals surface area contributed by atoms with E-state index in [2.05, 4.69) is 0 Å². The second kappa shape index (κ2) is 7.62. The first-order valence-corrected chi connectivity index (χ1v) is 6.77. The molecule has 0 fully saturated rings. The molecule has 0 amide bonds. The molecule has 0 aliphatic rings. The molecule has 19 heavy (non-hydrogen) atoms. The molecule has 0 spiro atoms. The predicted molar refractivity (Wildman–Crippen MR) is 67.5 cm³/mol. The maximum Gasteiger partial charge on any atom is 0.401 e. The maximum atomic E-state index is 12.2. The average molecular weight is 295 g/mol. The highest BCUT2D eigenvalue weighted by Gasteiger charge is 2.30. The first-order valence-electron chi connectivity index (χ1n) is 5.89. The molecule has 0 radical (unpaired) electrons. The third-order valence-electron chi connectivity index (χ3n) is 2.49. The van der Waals surface area contributed by atoms with Gasteiger partial charge in [0, 0.05) is 13.0 Å². The van der Waals surface area contributed by atoms with E-state index in [0.29, 0.717) is 11.3 Å². The number of thiophene rings is 1. The molecule has 1 N–H and O–H groups in total. The number of ketones is 1. The van der Waals surface area contributed by atoms with Gasteiger partial charge in [-0.3, -0.25) is 9.69 Å². The molecule has 0 atom stereocenters. The summed E-state index contributed by atoms with van der Waals surface area (Å²) in [7, 11) is 0. The van der Waals surface area contributed by atoms with Crippen molar-refractivity contribution in [3.63, 3.8) is 0 Å². The Balaban J connectivity index is 2.34. The summed E-state index contributed by atoms with van der Waals surface area (Å²) in [6, 6.07) is 3.47. The number of hydrogen-bond donors (Lipinski definition) is 1. The van der Waals surface area contributed by atoms with Gasteiger partial charge in [-0.05, 0) is 24.4 Å². The zero-order chi connectivity index (χ0) is 14.3. The summed E-state index contributed by atoms with van der Waals surface area (Å²) in [4.78, 5) is 13.4. The van der Waals surface area contributed by atoms with E-state index in [1.807, 2.05) is 0 Å². The standard InChI is InChI=1S/C12H16F3NO2S/c13-12(14,15)9-16(6-7-17)5-1-3-10(18)11-4-2-8-19-11/h2,4,8,17H,1,3,5-7,9H2. The van der Waals surface area contributed by atoms with Crippen LogP contribution in [-0.4, -0.2) is 48.2 Å². The van der Waals surface area contributed by atoms with Crippen molar-refractivity contribution in [3.05, 3.63) is 22.4 Å². The molecular formula is C12H16F3NO2S. The van der Waals surface area contributed by atoms with Crippen LogP contribution in [0.3, 0.4) is 0 Å². The van der Waals surface area contributed by atoms with Crippen LogP contribution < -0.4 is 0 Å². The number of Topliss-reactive ketones (excluding diaryl/α,β-unsaturated/α-hetero) is 1. The first kappa shape index (κ1) is 16.1. The van der Waals surface area contributed by atoms with Gasteiger partial charge in [0.2, 0.25) is 0 Å². The number of carbonyl (C=O) groups is 1. The number of rotatable bonds is 8. The van der Waals surface area contributed by atoms with Crippen LogP contribution in [0.25, 0.3) is 0 Å². The zero-order valence-corrected chi connectivity index (χ0v) is 11.1. The van der Waals surface area contributed by atoms with Gasteiger partial charge < -0.3 is 5.11 Å². The molecule has 0 unspecified atom stereocenters. The van der Waals surface area contributed by atoms with Gasteiger partial charge in [0.05, 0.1) is 18.0 Å². The predicted octanol–water partition coefficient (Wildman–Crippen LogP) is 2.57. The van der Waals surface area contributed by atoms with Crippen LogP contribution in [0.2, 0.25) is 0 Å². The number of hydrogen-bond acceptors (Lipinski definition) is 4. The molecule has 1 aromatic heterocycles. The van der Waals surface area contributed by atoms with Crippen molar-refractivity contribution >= 4 is 17.1 Å². The second-order valence-corrected chi connectivity index (χ2v) is 5.07. The van der Waals surface area contributed by atoms with Crippen LogP contribution in [0.4, 0.5) is 13.2 Å². The Labute approximate surface area is 113 Å². The molecule has 7 heteroatoms. The van der Waals surface area contributed by atoms with Crippen molar-refractivity contribution in [2.24, 2.45) is 0 Å². The van der Waals surface area contributed by atoms with Crippen molar-refractivity contribution in [1.29, 1.82) is 0 Å². The summed E-state index contributed by atoms with van der Waals surface area (Å²) in [5, 5.41) is 10.5. The SMILES string of the molecule is O=C(CCCN(CCO)CC(F)(F)F)c1cccs1. The number of halogens is 3. The van der Waals surface area contributed by atoms with E-state index < -0.39 is 12.7 Å². The van der Waals surface area contributed by atoms with Crippen LogP contribution in [0, 0.1) is 0 Å². The van der Waals surface area contributed by atoms with Gasteiger partial charge in [0.25, 0.3) is 0 Å². The largest absolute Gasteiger partial charge is 0.401 e. The number of aliphatic hydroxyl groups is 1. The maximum absolute atomic E-state index is 12.2. The lowest BCUT2D eigenvalue weighted by molar-refractivity contribution is -0.146. The van der Waals surface area contributed by atoms with E-state index >= 15 is 0 Å². The fraction of sp³-hybridized carbons (Fsp3) is 0.583. The van der Waals surface area contributed by atoms with E-state index in [1.165, 1.54) is 11.3 Å². The Morgan fingerprint density at radius 3 is 2.63 bits per heavy atom. The summed E-state index contributed by atoms with van der Waals surface area (Å²) in [5.74, 6) is -0.0500. The highest BCUT2D eigenvalue weighted by atomic mass is 32.1. The van der Waals surface area contributed by atoms with E-state index in [9.17, 15) is 18.0 Å². The third-order valence-corrected chi connectivity index (χ3v) is 3.40. The minimum absolute atomic E-state index is 0.0350. The van der Waals surface area contributed by atoms with Crippen molar-refractivity contribution in [2.75, 3.05) is 26.2 Å². The monoisotopic (exact) mass is 295 g/mol. The summed E-state index contributed by atoms with van der Waals surface area (Å²) < 4.78 is 36.7. The Kier molecular flexibility index (Phi) is 6.47. The molecule has 0 saturated heterocycles. The smallest absolute Gasteiger partial charge is 0.395 e.